The van der Waals surface area contributed by atoms with Crippen molar-refractivity contribution in [1.29, 1.82) is 0 Å². The Bertz CT molecular complexity index is 554. The van der Waals surface area contributed by atoms with E-state index in [2.05, 4.69) is 15.6 Å². The van der Waals surface area contributed by atoms with Gasteiger partial charge in [-0.3, -0.25) is 9.48 Å². The van der Waals surface area contributed by atoms with Crippen LogP contribution in [0.4, 0.5) is 0 Å². The molecule has 0 atom stereocenters. The molecule has 0 fully saturated rings. The third-order valence-electron chi connectivity index (χ3n) is 2.55. The number of hydrogen-bond donors (Lipinski definition) is 2. The minimum atomic E-state index is -0.364. The topological polar surface area (TPSA) is 89.3 Å². The Morgan fingerprint density at radius 1 is 1.53 bits per heavy atom. The van der Waals surface area contributed by atoms with Crippen molar-refractivity contribution in [2.45, 2.75) is 6.54 Å². The lowest BCUT2D eigenvalue weighted by molar-refractivity contribution is 0.0949. The molecule has 1 amide bonds. The van der Waals surface area contributed by atoms with Crippen LogP contribution in [0.3, 0.4) is 0 Å². The molecular formula is C12H14N4O3. The summed E-state index contributed by atoms with van der Waals surface area (Å²) in [4.78, 5) is 11.9. The molecule has 19 heavy (non-hydrogen) atoms. The van der Waals surface area contributed by atoms with E-state index < -0.39 is 0 Å². The number of ether oxygens (including phenoxy) is 1. The molecule has 2 N–H and O–H groups in total. The highest BCUT2D eigenvalue weighted by Gasteiger charge is 2.11. The van der Waals surface area contributed by atoms with Gasteiger partial charge in [0.05, 0.1) is 25.4 Å². The summed E-state index contributed by atoms with van der Waals surface area (Å²) in [6.07, 6.45) is 3.27. The van der Waals surface area contributed by atoms with Gasteiger partial charge in [0.1, 0.15) is 11.5 Å². The first kappa shape index (κ1) is 12.9. The normalized spacial score (nSPS) is 10.2. The average Bonchev–Trinajstić information content (AvgIpc) is 2.92. The highest BCUT2D eigenvalue weighted by molar-refractivity contribution is 5.97. The van der Waals surface area contributed by atoms with Crippen LogP contribution in [0.1, 0.15) is 10.4 Å². The lowest BCUT2D eigenvalue weighted by atomic mass is 10.2. The molecule has 0 bridgehead atoms. The minimum Gasteiger partial charge on any atom is -0.507 e. The summed E-state index contributed by atoms with van der Waals surface area (Å²) in [6.45, 7) is 0.898. The van der Waals surface area contributed by atoms with E-state index in [1.807, 2.05) is 0 Å². The Morgan fingerprint density at radius 2 is 2.37 bits per heavy atom. The largest absolute Gasteiger partial charge is 0.507 e. The van der Waals surface area contributed by atoms with E-state index in [0.717, 1.165) is 0 Å². The first-order chi connectivity index (χ1) is 9.20. The van der Waals surface area contributed by atoms with Gasteiger partial charge in [-0.2, -0.15) is 0 Å². The van der Waals surface area contributed by atoms with Crippen molar-refractivity contribution in [3.63, 3.8) is 0 Å². The van der Waals surface area contributed by atoms with E-state index in [9.17, 15) is 9.90 Å². The molecule has 0 aliphatic rings. The molecule has 7 nitrogen and oxygen atoms in total. The zero-order valence-electron chi connectivity index (χ0n) is 10.4. The molecular weight excluding hydrogens is 248 g/mol. The van der Waals surface area contributed by atoms with Crippen LogP contribution < -0.4 is 10.1 Å². The van der Waals surface area contributed by atoms with Gasteiger partial charge in [0.2, 0.25) is 0 Å². The molecule has 0 saturated heterocycles. The van der Waals surface area contributed by atoms with Crippen LogP contribution in [0.2, 0.25) is 0 Å². The lowest BCUT2D eigenvalue weighted by Gasteiger charge is -2.08. The number of rotatable bonds is 5. The second-order valence-corrected chi connectivity index (χ2v) is 3.81. The van der Waals surface area contributed by atoms with Crippen molar-refractivity contribution in [2.75, 3.05) is 13.7 Å². The van der Waals surface area contributed by atoms with Gasteiger partial charge in [0.25, 0.3) is 5.91 Å². The first-order valence-electron chi connectivity index (χ1n) is 5.70. The minimum absolute atomic E-state index is 0.0842. The van der Waals surface area contributed by atoms with Crippen LogP contribution in [-0.4, -0.2) is 39.7 Å². The lowest BCUT2D eigenvalue weighted by Crippen LogP contribution is -2.27. The summed E-state index contributed by atoms with van der Waals surface area (Å²) < 4.78 is 6.61. The number of carbonyl (C=O) groups is 1. The molecule has 0 radical (unpaired) electrons. The van der Waals surface area contributed by atoms with E-state index in [0.29, 0.717) is 18.8 Å². The number of aromatic hydroxyl groups is 1. The predicted molar refractivity (Wildman–Crippen MR) is 67.0 cm³/mol. The summed E-state index contributed by atoms with van der Waals surface area (Å²) >= 11 is 0. The van der Waals surface area contributed by atoms with Gasteiger partial charge < -0.3 is 15.2 Å². The zero-order chi connectivity index (χ0) is 13.7. The van der Waals surface area contributed by atoms with Crippen molar-refractivity contribution in [1.82, 2.24) is 20.3 Å². The second kappa shape index (κ2) is 5.85. The van der Waals surface area contributed by atoms with Gasteiger partial charge in [-0.15, -0.1) is 5.10 Å². The van der Waals surface area contributed by atoms with Crippen LogP contribution >= 0.6 is 0 Å². The van der Waals surface area contributed by atoms with E-state index in [-0.39, 0.29) is 17.2 Å². The number of methoxy groups -OCH3 is 1. The molecule has 0 unspecified atom stereocenters. The predicted octanol–water partition coefficient (Wildman–Crippen LogP) is 0.422. The maximum Gasteiger partial charge on any atom is 0.255 e. The SMILES string of the molecule is COc1ccc(O)c(C(=O)NCCn2ccnn2)c1. The molecule has 0 spiro atoms. The monoisotopic (exact) mass is 262 g/mol. The van der Waals surface area contributed by atoms with Crippen molar-refractivity contribution in [3.8, 4) is 11.5 Å². The Labute approximate surface area is 109 Å². The van der Waals surface area contributed by atoms with E-state index in [1.54, 1.807) is 23.1 Å². The molecule has 1 heterocycles. The summed E-state index contributed by atoms with van der Waals surface area (Å²) in [5.41, 5.74) is 0.179. The maximum absolute atomic E-state index is 11.9. The van der Waals surface area contributed by atoms with Crippen LogP contribution in [0.25, 0.3) is 0 Å². The molecule has 0 aliphatic carbocycles. The van der Waals surface area contributed by atoms with E-state index in [4.69, 9.17) is 4.74 Å². The molecule has 7 heteroatoms. The van der Waals surface area contributed by atoms with Crippen molar-refractivity contribution in [3.05, 3.63) is 36.2 Å². The third-order valence-corrected chi connectivity index (χ3v) is 2.55. The zero-order valence-corrected chi connectivity index (χ0v) is 10.4. The summed E-state index contributed by atoms with van der Waals surface area (Å²) in [6, 6.07) is 4.49. The van der Waals surface area contributed by atoms with Crippen LogP contribution in [0.15, 0.2) is 30.6 Å². The number of benzene rings is 1. The number of phenolic OH excluding ortho intramolecular Hbond substituents is 1. The van der Waals surface area contributed by atoms with Gasteiger partial charge in [-0.05, 0) is 18.2 Å². The fraction of sp³-hybridized carbons (Fsp3) is 0.250. The van der Waals surface area contributed by atoms with Crippen LogP contribution in [0, 0.1) is 0 Å². The van der Waals surface area contributed by atoms with Crippen LogP contribution in [-0.2, 0) is 6.54 Å². The third kappa shape index (κ3) is 3.21. The van der Waals surface area contributed by atoms with Crippen LogP contribution in [0.5, 0.6) is 11.5 Å². The number of nitrogens with zero attached hydrogens (tertiary/aromatic N) is 3. The second-order valence-electron chi connectivity index (χ2n) is 3.81. The number of aromatic nitrogens is 3. The van der Waals surface area contributed by atoms with E-state index >= 15 is 0 Å². The number of amides is 1. The average molecular weight is 262 g/mol. The molecule has 0 aliphatic heterocycles. The Morgan fingerprint density at radius 3 is 3.05 bits per heavy atom. The molecule has 1 aromatic carbocycles. The highest BCUT2D eigenvalue weighted by Crippen LogP contribution is 2.22. The van der Waals surface area contributed by atoms with Gasteiger partial charge in [-0.25, -0.2) is 0 Å². The van der Waals surface area contributed by atoms with Gasteiger partial charge >= 0.3 is 0 Å². The molecule has 100 valence electrons. The quantitative estimate of drug-likeness (QED) is 0.815. The number of carbonyl (C=O) groups excluding carboxylic acids is 1. The van der Waals surface area contributed by atoms with Gasteiger partial charge in [-0.1, -0.05) is 5.21 Å². The fourth-order valence-corrected chi connectivity index (χ4v) is 1.56. The highest BCUT2D eigenvalue weighted by atomic mass is 16.5. The van der Waals surface area contributed by atoms with Crippen molar-refractivity contribution in [2.24, 2.45) is 0 Å². The molecule has 0 saturated carbocycles. The molecule has 2 aromatic rings. The van der Waals surface area contributed by atoms with E-state index in [1.165, 1.54) is 19.2 Å². The summed E-state index contributed by atoms with van der Waals surface area (Å²) in [5, 5.41) is 19.8. The molecule has 1 aromatic heterocycles. The fourth-order valence-electron chi connectivity index (χ4n) is 1.56. The first-order valence-corrected chi connectivity index (χ1v) is 5.70. The number of phenols is 1. The number of nitrogens with one attached hydrogen (secondary N) is 1. The van der Waals surface area contributed by atoms with Crippen molar-refractivity contribution >= 4 is 5.91 Å². The molecule has 2 rings (SSSR count). The Balaban J connectivity index is 1.95. The Kier molecular flexibility index (Phi) is 3.97. The maximum atomic E-state index is 11.9. The summed E-state index contributed by atoms with van der Waals surface area (Å²) in [5.74, 6) is 0.0646. The summed E-state index contributed by atoms with van der Waals surface area (Å²) in [7, 11) is 1.50. The smallest absolute Gasteiger partial charge is 0.255 e. The van der Waals surface area contributed by atoms with Crippen molar-refractivity contribution < 1.29 is 14.6 Å². The van der Waals surface area contributed by atoms with Gasteiger partial charge in [0, 0.05) is 12.7 Å². The Hall–Kier alpha value is -2.57. The number of hydrogen-bond acceptors (Lipinski definition) is 5. The standard InChI is InChI=1S/C12H14N4O3/c1-19-9-2-3-11(17)10(8-9)12(18)13-4-6-16-7-5-14-15-16/h2-3,5,7-8,17H,4,6H2,1H3,(H,13,18). The van der Waals surface area contributed by atoms with Gasteiger partial charge in [0.15, 0.2) is 0 Å².